The van der Waals surface area contributed by atoms with Crippen LogP contribution in [0.3, 0.4) is 0 Å². The fourth-order valence-corrected chi connectivity index (χ4v) is 1.79. The predicted molar refractivity (Wildman–Crippen MR) is 73.4 cm³/mol. The van der Waals surface area contributed by atoms with Gasteiger partial charge in [0.1, 0.15) is 11.5 Å². The van der Waals surface area contributed by atoms with Gasteiger partial charge in [-0.15, -0.1) is 0 Å². The Morgan fingerprint density at radius 3 is 2.88 bits per heavy atom. The van der Waals surface area contributed by atoms with Crippen LogP contribution >= 0.6 is 38.5 Å². The standard InChI is InChI=1S/C10H7BrIN3O/c11-6-3-8(13-4-6)10(16)15-9-2-1-7(12)5-14-9/h1-5,13H,(H,14,15,16). The van der Waals surface area contributed by atoms with Crippen LogP contribution in [0.1, 0.15) is 10.5 Å². The number of amides is 1. The van der Waals surface area contributed by atoms with E-state index in [0.29, 0.717) is 11.5 Å². The summed E-state index contributed by atoms with van der Waals surface area (Å²) in [6.45, 7) is 0. The Morgan fingerprint density at radius 1 is 1.50 bits per heavy atom. The number of halogens is 2. The highest BCUT2D eigenvalue weighted by Crippen LogP contribution is 2.12. The van der Waals surface area contributed by atoms with E-state index in [-0.39, 0.29) is 5.91 Å². The van der Waals surface area contributed by atoms with E-state index in [4.69, 9.17) is 0 Å². The van der Waals surface area contributed by atoms with Crippen molar-refractivity contribution in [1.29, 1.82) is 0 Å². The lowest BCUT2D eigenvalue weighted by molar-refractivity contribution is 0.102. The van der Waals surface area contributed by atoms with Gasteiger partial charge in [-0.1, -0.05) is 0 Å². The molecule has 2 rings (SSSR count). The third-order valence-electron chi connectivity index (χ3n) is 1.86. The zero-order valence-electron chi connectivity index (χ0n) is 8.00. The third kappa shape index (κ3) is 2.82. The lowest BCUT2D eigenvalue weighted by atomic mass is 10.4. The SMILES string of the molecule is O=C(Nc1ccc(I)cn1)c1cc(Br)c[nH]1. The lowest BCUT2D eigenvalue weighted by Gasteiger charge is -2.02. The molecule has 0 unspecified atom stereocenters. The number of H-pyrrole nitrogens is 1. The topological polar surface area (TPSA) is 57.8 Å². The number of aromatic amines is 1. The number of hydrogen-bond acceptors (Lipinski definition) is 2. The minimum atomic E-state index is -0.209. The molecule has 0 saturated heterocycles. The molecule has 2 N–H and O–H groups in total. The average molecular weight is 392 g/mol. The van der Waals surface area contributed by atoms with Crippen molar-refractivity contribution in [3.8, 4) is 0 Å². The van der Waals surface area contributed by atoms with Crippen LogP contribution in [0.4, 0.5) is 5.82 Å². The molecule has 2 heterocycles. The van der Waals surface area contributed by atoms with Gasteiger partial charge in [-0.2, -0.15) is 0 Å². The van der Waals surface area contributed by atoms with E-state index < -0.39 is 0 Å². The number of rotatable bonds is 2. The van der Waals surface area contributed by atoms with Crippen molar-refractivity contribution in [3.63, 3.8) is 0 Å². The molecule has 0 aliphatic heterocycles. The summed E-state index contributed by atoms with van der Waals surface area (Å²) in [5, 5.41) is 2.69. The number of carbonyl (C=O) groups excluding carboxylic acids is 1. The zero-order chi connectivity index (χ0) is 11.5. The summed E-state index contributed by atoms with van der Waals surface area (Å²) in [6, 6.07) is 5.35. The van der Waals surface area contributed by atoms with E-state index in [1.165, 1.54) is 0 Å². The van der Waals surface area contributed by atoms with E-state index in [1.807, 2.05) is 6.07 Å². The molecule has 0 aromatic carbocycles. The van der Waals surface area contributed by atoms with Crippen LogP contribution in [0.25, 0.3) is 0 Å². The molecular weight excluding hydrogens is 385 g/mol. The molecule has 0 spiro atoms. The quantitative estimate of drug-likeness (QED) is 0.773. The Morgan fingerprint density at radius 2 is 2.31 bits per heavy atom. The normalized spacial score (nSPS) is 10.1. The largest absolute Gasteiger partial charge is 0.356 e. The summed E-state index contributed by atoms with van der Waals surface area (Å²) < 4.78 is 1.87. The van der Waals surface area contributed by atoms with E-state index in [2.05, 4.69) is 53.8 Å². The monoisotopic (exact) mass is 391 g/mol. The third-order valence-corrected chi connectivity index (χ3v) is 2.96. The van der Waals surface area contributed by atoms with Gasteiger partial charge in [0.05, 0.1) is 0 Å². The highest BCUT2D eigenvalue weighted by atomic mass is 127. The molecular formula is C10H7BrIN3O. The molecule has 0 atom stereocenters. The first kappa shape index (κ1) is 11.6. The van der Waals surface area contributed by atoms with Crippen LogP contribution in [-0.4, -0.2) is 15.9 Å². The van der Waals surface area contributed by atoms with Crippen molar-refractivity contribution in [1.82, 2.24) is 9.97 Å². The number of hydrogen-bond donors (Lipinski definition) is 2. The second-order valence-electron chi connectivity index (χ2n) is 3.05. The smallest absolute Gasteiger partial charge is 0.273 e. The van der Waals surface area contributed by atoms with Crippen molar-refractivity contribution in [2.24, 2.45) is 0 Å². The maximum Gasteiger partial charge on any atom is 0.273 e. The van der Waals surface area contributed by atoms with E-state index in [1.54, 1.807) is 24.5 Å². The molecule has 1 amide bonds. The van der Waals surface area contributed by atoms with Crippen molar-refractivity contribution < 1.29 is 4.79 Å². The van der Waals surface area contributed by atoms with Crippen LogP contribution in [0, 0.1) is 3.57 Å². The van der Waals surface area contributed by atoms with Gasteiger partial charge >= 0.3 is 0 Å². The number of carbonyl (C=O) groups is 1. The number of nitrogens with one attached hydrogen (secondary N) is 2. The molecule has 0 fully saturated rings. The summed E-state index contributed by atoms with van der Waals surface area (Å²) in [5.41, 5.74) is 0.493. The second kappa shape index (κ2) is 4.96. The van der Waals surface area contributed by atoms with Gasteiger partial charge in [-0.05, 0) is 56.7 Å². The van der Waals surface area contributed by atoms with Crippen LogP contribution in [0.15, 0.2) is 35.1 Å². The van der Waals surface area contributed by atoms with Crippen molar-refractivity contribution >= 4 is 50.2 Å². The molecule has 4 nitrogen and oxygen atoms in total. The maximum absolute atomic E-state index is 11.7. The molecule has 82 valence electrons. The number of pyridine rings is 1. The molecule has 0 aliphatic rings. The first-order valence-electron chi connectivity index (χ1n) is 4.42. The van der Waals surface area contributed by atoms with Crippen LogP contribution < -0.4 is 5.32 Å². The molecule has 16 heavy (non-hydrogen) atoms. The lowest BCUT2D eigenvalue weighted by Crippen LogP contribution is -2.13. The van der Waals surface area contributed by atoms with E-state index in [9.17, 15) is 4.79 Å². The summed E-state index contributed by atoms with van der Waals surface area (Å²) in [4.78, 5) is 18.6. The fraction of sp³-hybridized carbons (Fsp3) is 0. The Balaban J connectivity index is 2.10. The minimum absolute atomic E-state index is 0.209. The Bertz CT molecular complexity index is 509. The van der Waals surface area contributed by atoms with E-state index in [0.717, 1.165) is 8.04 Å². The molecule has 0 saturated carbocycles. The molecule has 2 aromatic rings. The van der Waals surface area contributed by atoms with Gasteiger partial charge in [0.2, 0.25) is 0 Å². The van der Waals surface area contributed by atoms with Gasteiger partial charge < -0.3 is 10.3 Å². The van der Waals surface area contributed by atoms with Crippen LogP contribution in [0.2, 0.25) is 0 Å². The number of nitrogens with zero attached hydrogens (tertiary/aromatic N) is 1. The molecule has 0 aliphatic carbocycles. The Kier molecular flexibility index (Phi) is 3.59. The van der Waals surface area contributed by atoms with E-state index >= 15 is 0 Å². The fourth-order valence-electron chi connectivity index (χ4n) is 1.13. The van der Waals surface area contributed by atoms with Gasteiger partial charge in [0.25, 0.3) is 5.91 Å². The highest BCUT2D eigenvalue weighted by Gasteiger charge is 2.08. The molecule has 0 radical (unpaired) electrons. The molecule has 0 bridgehead atoms. The zero-order valence-corrected chi connectivity index (χ0v) is 11.7. The first-order valence-corrected chi connectivity index (χ1v) is 6.29. The van der Waals surface area contributed by atoms with Crippen LogP contribution in [0.5, 0.6) is 0 Å². The van der Waals surface area contributed by atoms with Gasteiger partial charge in [-0.25, -0.2) is 4.98 Å². The second-order valence-corrected chi connectivity index (χ2v) is 5.21. The Hall–Kier alpha value is -0.890. The predicted octanol–water partition coefficient (Wildman–Crippen LogP) is 3.03. The first-order chi connectivity index (χ1) is 7.65. The highest BCUT2D eigenvalue weighted by molar-refractivity contribution is 14.1. The molecule has 6 heteroatoms. The summed E-state index contributed by atoms with van der Waals surface area (Å²) in [5.74, 6) is 0.329. The number of anilines is 1. The maximum atomic E-state index is 11.7. The van der Waals surface area contributed by atoms with Gasteiger partial charge in [0.15, 0.2) is 0 Å². The summed E-state index contributed by atoms with van der Waals surface area (Å²) >= 11 is 5.43. The minimum Gasteiger partial charge on any atom is -0.356 e. The summed E-state index contributed by atoms with van der Waals surface area (Å²) in [6.07, 6.45) is 3.40. The summed E-state index contributed by atoms with van der Waals surface area (Å²) in [7, 11) is 0. The molecule has 2 aromatic heterocycles. The number of aromatic nitrogens is 2. The van der Waals surface area contributed by atoms with Crippen LogP contribution in [-0.2, 0) is 0 Å². The van der Waals surface area contributed by atoms with Crippen molar-refractivity contribution in [2.45, 2.75) is 0 Å². The van der Waals surface area contributed by atoms with Crippen molar-refractivity contribution in [2.75, 3.05) is 5.32 Å². The van der Waals surface area contributed by atoms with Crippen molar-refractivity contribution in [3.05, 3.63) is 44.3 Å². The average Bonchev–Trinajstić information content (AvgIpc) is 2.68. The van der Waals surface area contributed by atoms with Gasteiger partial charge in [0, 0.05) is 20.4 Å². The Labute approximate surface area is 114 Å². The van der Waals surface area contributed by atoms with Gasteiger partial charge in [-0.3, -0.25) is 4.79 Å².